The second-order valence-corrected chi connectivity index (χ2v) is 7.32. The quantitative estimate of drug-likeness (QED) is 0.874. The van der Waals surface area contributed by atoms with Gasteiger partial charge in [-0.15, -0.1) is 0 Å². The average Bonchev–Trinajstić information content (AvgIpc) is 3.28. The van der Waals surface area contributed by atoms with Crippen LogP contribution in [0, 0.1) is 25.6 Å². The minimum atomic E-state index is -4.05. The predicted octanol–water partition coefficient (Wildman–Crippen LogP) is 3.02. The van der Waals surface area contributed by atoms with Crippen LogP contribution in [0.5, 0.6) is 5.75 Å². The maximum Gasteiger partial charge on any atom is 0.268 e. The van der Waals surface area contributed by atoms with Crippen LogP contribution in [0.4, 0.5) is 10.3 Å². The highest BCUT2D eigenvalue weighted by Gasteiger charge is 2.26. The molecule has 0 unspecified atom stereocenters. The van der Waals surface area contributed by atoms with Crippen molar-refractivity contribution in [3.05, 3.63) is 35.3 Å². The summed E-state index contributed by atoms with van der Waals surface area (Å²) in [6, 6.07) is 3.43. The maximum absolute atomic E-state index is 13.5. The van der Waals surface area contributed by atoms with E-state index in [4.69, 9.17) is 9.26 Å². The van der Waals surface area contributed by atoms with Crippen molar-refractivity contribution in [1.29, 1.82) is 0 Å². The molecule has 0 spiro atoms. The summed E-state index contributed by atoms with van der Waals surface area (Å²) in [4.78, 5) is -0.258. The minimum absolute atomic E-state index is 0.0138. The van der Waals surface area contributed by atoms with Crippen molar-refractivity contribution in [2.24, 2.45) is 5.92 Å². The van der Waals surface area contributed by atoms with E-state index in [1.165, 1.54) is 12.1 Å². The summed E-state index contributed by atoms with van der Waals surface area (Å²) in [6.07, 6.45) is 2.14. The number of rotatable bonds is 6. The van der Waals surface area contributed by atoms with Crippen molar-refractivity contribution in [2.45, 2.75) is 31.6 Å². The van der Waals surface area contributed by atoms with Gasteiger partial charge in [0, 0.05) is 5.56 Å². The Morgan fingerprint density at radius 2 is 2.13 bits per heavy atom. The standard InChI is InChI=1S/C15H17FN2O4S/c1-9-10(2)17-22-15(9)18-23(19,20)14-7-12(16)5-6-13(14)21-8-11-3-4-11/h5-7,11,18H,3-4,8H2,1-2H3. The molecule has 23 heavy (non-hydrogen) atoms. The maximum atomic E-state index is 13.5. The summed E-state index contributed by atoms with van der Waals surface area (Å²) in [7, 11) is -4.05. The normalized spacial score (nSPS) is 14.7. The Hall–Kier alpha value is -2.09. The van der Waals surface area contributed by atoms with E-state index in [0.29, 0.717) is 23.8 Å². The molecule has 1 saturated carbocycles. The van der Waals surface area contributed by atoms with E-state index in [1.807, 2.05) is 0 Å². The molecule has 1 aliphatic carbocycles. The van der Waals surface area contributed by atoms with Crippen LogP contribution in [0.3, 0.4) is 0 Å². The second-order valence-electron chi connectivity index (χ2n) is 5.67. The monoisotopic (exact) mass is 340 g/mol. The number of aryl methyl sites for hydroxylation is 1. The number of hydrogen-bond acceptors (Lipinski definition) is 5. The first-order valence-corrected chi connectivity index (χ1v) is 8.73. The first-order valence-electron chi connectivity index (χ1n) is 7.25. The number of hydrogen-bond donors (Lipinski definition) is 1. The molecule has 1 aliphatic rings. The van der Waals surface area contributed by atoms with E-state index in [9.17, 15) is 12.8 Å². The van der Waals surface area contributed by atoms with Gasteiger partial charge in [-0.05, 0) is 50.8 Å². The minimum Gasteiger partial charge on any atom is -0.492 e. The van der Waals surface area contributed by atoms with Gasteiger partial charge in [-0.1, -0.05) is 5.16 Å². The summed E-state index contributed by atoms with van der Waals surface area (Å²) in [5.74, 6) is -0.0723. The molecule has 8 heteroatoms. The van der Waals surface area contributed by atoms with E-state index in [2.05, 4.69) is 9.88 Å². The number of ether oxygens (including phenoxy) is 1. The van der Waals surface area contributed by atoms with E-state index in [-0.39, 0.29) is 16.5 Å². The van der Waals surface area contributed by atoms with Crippen LogP contribution in [0.25, 0.3) is 0 Å². The van der Waals surface area contributed by atoms with E-state index < -0.39 is 15.8 Å². The summed E-state index contributed by atoms with van der Waals surface area (Å²) in [6.45, 7) is 3.80. The van der Waals surface area contributed by atoms with Gasteiger partial charge in [-0.2, -0.15) is 0 Å². The number of nitrogens with zero attached hydrogens (tertiary/aromatic N) is 1. The van der Waals surface area contributed by atoms with Crippen LogP contribution < -0.4 is 9.46 Å². The van der Waals surface area contributed by atoms with Crippen LogP contribution in [0.1, 0.15) is 24.1 Å². The summed E-state index contributed by atoms with van der Waals surface area (Å²) < 4.78 is 51.4. The van der Waals surface area contributed by atoms with Crippen molar-refractivity contribution in [2.75, 3.05) is 11.3 Å². The fourth-order valence-corrected chi connectivity index (χ4v) is 3.19. The number of halogens is 1. The van der Waals surface area contributed by atoms with E-state index in [0.717, 1.165) is 18.9 Å². The third-order valence-corrected chi connectivity index (χ3v) is 5.10. The zero-order chi connectivity index (χ0) is 16.6. The lowest BCUT2D eigenvalue weighted by Gasteiger charge is -2.12. The van der Waals surface area contributed by atoms with Crippen LogP contribution in [-0.2, 0) is 10.0 Å². The summed E-state index contributed by atoms with van der Waals surface area (Å²) in [5, 5.41) is 3.69. The molecule has 124 valence electrons. The number of benzene rings is 1. The highest BCUT2D eigenvalue weighted by Crippen LogP contribution is 2.32. The molecule has 2 aromatic rings. The lowest BCUT2D eigenvalue weighted by atomic mass is 10.3. The smallest absolute Gasteiger partial charge is 0.268 e. The number of aromatic nitrogens is 1. The molecule has 6 nitrogen and oxygen atoms in total. The third kappa shape index (κ3) is 3.47. The molecular formula is C15H17FN2O4S. The zero-order valence-electron chi connectivity index (χ0n) is 12.8. The molecule has 1 aromatic carbocycles. The molecule has 0 bridgehead atoms. The van der Waals surface area contributed by atoms with E-state index >= 15 is 0 Å². The SMILES string of the molecule is Cc1noc(NS(=O)(=O)c2cc(F)ccc2OCC2CC2)c1C. The van der Waals surface area contributed by atoms with Gasteiger partial charge in [-0.25, -0.2) is 17.5 Å². The van der Waals surface area contributed by atoms with Crippen molar-refractivity contribution in [3.63, 3.8) is 0 Å². The van der Waals surface area contributed by atoms with Crippen molar-refractivity contribution in [1.82, 2.24) is 5.16 Å². The zero-order valence-corrected chi connectivity index (χ0v) is 13.6. The molecular weight excluding hydrogens is 323 g/mol. The van der Waals surface area contributed by atoms with Crippen LogP contribution >= 0.6 is 0 Å². The van der Waals surface area contributed by atoms with Gasteiger partial charge in [0.05, 0.1) is 12.3 Å². The van der Waals surface area contributed by atoms with Crippen LogP contribution in [0.2, 0.25) is 0 Å². The fourth-order valence-electron chi connectivity index (χ4n) is 1.99. The lowest BCUT2D eigenvalue weighted by Crippen LogP contribution is -2.15. The Labute approximate surface area is 133 Å². The second kappa shape index (κ2) is 5.84. The van der Waals surface area contributed by atoms with Gasteiger partial charge >= 0.3 is 0 Å². The molecule has 0 aliphatic heterocycles. The van der Waals surface area contributed by atoms with Crippen molar-refractivity contribution >= 4 is 15.9 Å². The molecule has 3 rings (SSSR count). The topological polar surface area (TPSA) is 81.4 Å². The molecule has 1 heterocycles. The van der Waals surface area contributed by atoms with Gasteiger partial charge < -0.3 is 9.26 Å². The lowest BCUT2D eigenvalue weighted by molar-refractivity contribution is 0.291. The van der Waals surface area contributed by atoms with Gasteiger partial charge in [0.15, 0.2) is 0 Å². The molecule has 0 radical (unpaired) electrons. The predicted molar refractivity (Wildman–Crippen MR) is 81.4 cm³/mol. The fraction of sp³-hybridized carbons (Fsp3) is 0.400. The molecule has 0 saturated heterocycles. The van der Waals surface area contributed by atoms with Crippen molar-refractivity contribution in [3.8, 4) is 5.75 Å². The average molecular weight is 340 g/mol. The largest absolute Gasteiger partial charge is 0.492 e. The Kier molecular flexibility index (Phi) is 4.01. The van der Waals surface area contributed by atoms with Crippen molar-refractivity contribution < 1.29 is 22.1 Å². The highest BCUT2D eigenvalue weighted by atomic mass is 32.2. The van der Waals surface area contributed by atoms with Gasteiger partial charge in [0.25, 0.3) is 10.0 Å². The Morgan fingerprint density at radius 3 is 2.74 bits per heavy atom. The Morgan fingerprint density at radius 1 is 1.39 bits per heavy atom. The summed E-state index contributed by atoms with van der Waals surface area (Å²) >= 11 is 0. The Bertz CT molecular complexity index is 828. The van der Waals surface area contributed by atoms with Gasteiger partial charge in [-0.3, -0.25) is 0 Å². The van der Waals surface area contributed by atoms with Gasteiger partial charge in [0.2, 0.25) is 5.88 Å². The van der Waals surface area contributed by atoms with Crippen LogP contribution in [0.15, 0.2) is 27.6 Å². The number of anilines is 1. The molecule has 1 fully saturated rings. The highest BCUT2D eigenvalue weighted by molar-refractivity contribution is 7.92. The van der Waals surface area contributed by atoms with Crippen LogP contribution in [-0.4, -0.2) is 20.2 Å². The molecule has 1 N–H and O–H groups in total. The molecule has 1 aromatic heterocycles. The third-order valence-electron chi connectivity index (χ3n) is 3.75. The van der Waals surface area contributed by atoms with Gasteiger partial charge in [0.1, 0.15) is 16.5 Å². The first-order chi connectivity index (χ1) is 10.9. The first kappa shape index (κ1) is 15.8. The molecule has 0 amide bonds. The number of nitrogens with one attached hydrogen (secondary N) is 1. The summed E-state index contributed by atoms with van der Waals surface area (Å²) in [5.41, 5.74) is 1.15. The Balaban J connectivity index is 1.91. The van der Waals surface area contributed by atoms with E-state index in [1.54, 1.807) is 13.8 Å². The molecule has 0 atom stereocenters. The number of sulfonamides is 1.